The molecule has 150 valence electrons. The Hall–Kier alpha value is -2.54. The second kappa shape index (κ2) is 7.13. The van der Waals surface area contributed by atoms with E-state index in [0.29, 0.717) is 17.7 Å². The third-order valence-electron chi connectivity index (χ3n) is 4.73. The SMILES string of the molecule is Cc1ccc2c(c1)OC(C)(C)C[C@H]2NC(=O)c1ccc(C)c(NS(C)(=O)=O)c1. The number of fused-ring (bicyclic) bond motifs is 1. The van der Waals surface area contributed by atoms with E-state index in [1.54, 1.807) is 25.1 Å². The van der Waals surface area contributed by atoms with Gasteiger partial charge in [-0.2, -0.15) is 0 Å². The number of rotatable bonds is 4. The summed E-state index contributed by atoms with van der Waals surface area (Å²) in [4.78, 5) is 12.9. The first-order chi connectivity index (χ1) is 12.9. The lowest BCUT2D eigenvalue weighted by atomic mass is 9.89. The first-order valence-corrected chi connectivity index (χ1v) is 11.0. The van der Waals surface area contributed by atoms with Gasteiger partial charge >= 0.3 is 0 Å². The number of carbonyl (C=O) groups excluding carboxylic acids is 1. The van der Waals surface area contributed by atoms with E-state index in [4.69, 9.17) is 4.74 Å². The number of anilines is 1. The van der Waals surface area contributed by atoms with Gasteiger partial charge < -0.3 is 10.1 Å². The van der Waals surface area contributed by atoms with E-state index in [2.05, 4.69) is 10.0 Å². The Balaban J connectivity index is 1.88. The van der Waals surface area contributed by atoms with E-state index >= 15 is 0 Å². The maximum Gasteiger partial charge on any atom is 0.251 e. The van der Waals surface area contributed by atoms with Crippen LogP contribution in [-0.4, -0.2) is 26.2 Å². The molecule has 6 nitrogen and oxygen atoms in total. The van der Waals surface area contributed by atoms with Crippen molar-refractivity contribution >= 4 is 21.6 Å². The Kier molecular flexibility index (Phi) is 5.14. The van der Waals surface area contributed by atoms with E-state index in [0.717, 1.165) is 28.7 Å². The lowest BCUT2D eigenvalue weighted by molar-refractivity contribution is 0.0619. The number of aryl methyl sites for hydroxylation is 2. The highest BCUT2D eigenvalue weighted by Crippen LogP contribution is 2.40. The monoisotopic (exact) mass is 402 g/mol. The average Bonchev–Trinajstić information content (AvgIpc) is 2.54. The highest BCUT2D eigenvalue weighted by atomic mass is 32.2. The summed E-state index contributed by atoms with van der Waals surface area (Å²) in [5.74, 6) is 0.524. The lowest BCUT2D eigenvalue weighted by Gasteiger charge is -2.38. The second-order valence-corrected chi connectivity index (χ2v) is 9.79. The van der Waals surface area contributed by atoms with Crippen molar-refractivity contribution in [1.29, 1.82) is 0 Å². The van der Waals surface area contributed by atoms with Gasteiger partial charge in [0.05, 0.1) is 18.0 Å². The van der Waals surface area contributed by atoms with Crippen LogP contribution in [0.4, 0.5) is 5.69 Å². The van der Waals surface area contributed by atoms with Crippen LogP contribution in [0, 0.1) is 13.8 Å². The second-order valence-electron chi connectivity index (χ2n) is 8.04. The van der Waals surface area contributed by atoms with E-state index < -0.39 is 15.6 Å². The average molecular weight is 403 g/mol. The van der Waals surface area contributed by atoms with Crippen molar-refractivity contribution < 1.29 is 17.9 Å². The van der Waals surface area contributed by atoms with Gasteiger partial charge in [-0.1, -0.05) is 18.2 Å². The minimum Gasteiger partial charge on any atom is -0.487 e. The van der Waals surface area contributed by atoms with Gasteiger partial charge in [0.1, 0.15) is 11.4 Å². The molecule has 0 bridgehead atoms. The molecule has 0 saturated carbocycles. The van der Waals surface area contributed by atoms with Crippen molar-refractivity contribution in [2.75, 3.05) is 11.0 Å². The smallest absolute Gasteiger partial charge is 0.251 e. The number of ether oxygens (including phenoxy) is 1. The molecule has 0 aromatic heterocycles. The highest BCUT2D eigenvalue weighted by molar-refractivity contribution is 7.92. The quantitative estimate of drug-likeness (QED) is 0.817. The van der Waals surface area contributed by atoms with Crippen molar-refractivity contribution in [1.82, 2.24) is 5.32 Å². The minimum atomic E-state index is -3.43. The van der Waals surface area contributed by atoms with Gasteiger partial charge in [0.25, 0.3) is 5.91 Å². The number of hydrogen-bond donors (Lipinski definition) is 2. The molecule has 0 aliphatic carbocycles. The molecule has 7 heteroatoms. The summed E-state index contributed by atoms with van der Waals surface area (Å²) in [7, 11) is -3.43. The van der Waals surface area contributed by atoms with Gasteiger partial charge in [-0.15, -0.1) is 0 Å². The largest absolute Gasteiger partial charge is 0.487 e. The molecule has 1 aliphatic heterocycles. The van der Waals surface area contributed by atoms with Gasteiger partial charge in [-0.25, -0.2) is 8.42 Å². The van der Waals surface area contributed by atoms with Crippen LogP contribution in [0.2, 0.25) is 0 Å². The number of sulfonamides is 1. The van der Waals surface area contributed by atoms with Gasteiger partial charge in [-0.3, -0.25) is 9.52 Å². The number of amides is 1. The van der Waals surface area contributed by atoms with Crippen LogP contribution >= 0.6 is 0 Å². The molecule has 0 fully saturated rings. The van der Waals surface area contributed by atoms with E-state index in [1.807, 2.05) is 39.0 Å². The van der Waals surface area contributed by atoms with Crippen LogP contribution in [0.15, 0.2) is 36.4 Å². The van der Waals surface area contributed by atoms with Crippen molar-refractivity contribution in [2.45, 2.75) is 45.8 Å². The summed E-state index contributed by atoms with van der Waals surface area (Å²) in [5, 5.41) is 3.08. The lowest BCUT2D eigenvalue weighted by Crippen LogP contribution is -2.41. The summed E-state index contributed by atoms with van der Waals surface area (Å²) in [6, 6.07) is 10.8. The van der Waals surface area contributed by atoms with E-state index in [9.17, 15) is 13.2 Å². The normalized spacial score (nSPS) is 18.0. The predicted octanol–water partition coefficient (Wildman–Crippen LogP) is 3.71. The van der Waals surface area contributed by atoms with Gasteiger partial charge in [0.15, 0.2) is 0 Å². The van der Waals surface area contributed by atoms with Gasteiger partial charge in [0.2, 0.25) is 10.0 Å². The molecular formula is C21H26N2O4S. The Morgan fingerprint density at radius 2 is 1.86 bits per heavy atom. The maximum atomic E-state index is 12.9. The zero-order valence-electron chi connectivity index (χ0n) is 16.8. The van der Waals surface area contributed by atoms with E-state index in [-0.39, 0.29) is 11.9 Å². The molecule has 0 radical (unpaired) electrons. The molecule has 0 unspecified atom stereocenters. The van der Waals surface area contributed by atoms with Crippen LogP contribution in [0.5, 0.6) is 5.75 Å². The minimum absolute atomic E-state index is 0.195. The fraction of sp³-hybridized carbons (Fsp3) is 0.381. The summed E-state index contributed by atoms with van der Waals surface area (Å²) >= 11 is 0. The molecule has 2 N–H and O–H groups in total. The number of carbonyl (C=O) groups is 1. The Bertz CT molecular complexity index is 1030. The topological polar surface area (TPSA) is 84.5 Å². The zero-order chi connectivity index (χ0) is 20.7. The Morgan fingerprint density at radius 1 is 1.14 bits per heavy atom. The fourth-order valence-corrected chi connectivity index (χ4v) is 4.02. The molecule has 1 amide bonds. The first kappa shape index (κ1) is 20.2. The Labute approximate surface area is 166 Å². The molecule has 2 aromatic rings. The maximum absolute atomic E-state index is 12.9. The third kappa shape index (κ3) is 4.65. The zero-order valence-corrected chi connectivity index (χ0v) is 17.6. The van der Waals surface area contributed by atoms with Crippen molar-refractivity contribution in [3.8, 4) is 5.75 Å². The standard InChI is InChI=1S/C21H26N2O4S/c1-13-6-9-16-18(12-21(3,4)27-19(16)10-13)22-20(24)15-8-7-14(2)17(11-15)23-28(5,25)26/h6-11,18,23H,12H2,1-5H3,(H,22,24)/t18-/m1/s1. The van der Waals surface area contributed by atoms with Crippen molar-refractivity contribution in [3.05, 3.63) is 58.7 Å². The van der Waals surface area contributed by atoms with Gasteiger partial charge in [0, 0.05) is 17.5 Å². The third-order valence-corrected chi connectivity index (χ3v) is 5.32. The van der Waals surface area contributed by atoms with Gasteiger partial charge in [-0.05, 0) is 57.0 Å². The first-order valence-electron chi connectivity index (χ1n) is 9.12. The Morgan fingerprint density at radius 3 is 2.54 bits per heavy atom. The summed E-state index contributed by atoms with van der Waals surface area (Å²) in [6.45, 7) is 7.78. The molecule has 0 spiro atoms. The van der Waals surface area contributed by atoms with Crippen LogP contribution < -0.4 is 14.8 Å². The number of hydrogen-bond acceptors (Lipinski definition) is 4. The van der Waals surface area contributed by atoms with E-state index in [1.165, 1.54) is 0 Å². The van der Waals surface area contributed by atoms with Crippen LogP contribution in [-0.2, 0) is 10.0 Å². The molecule has 1 heterocycles. The molecular weight excluding hydrogens is 376 g/mol. The summed E-state index contributed by atoms with van der Waals surface area (Å²) in [5.41, 5.74) is 3.18. The molecule has 1 atom stereocenters. The summed E-state index contributed by atoms with van der Waals surface area (Å²) < 4.78 is 31.7. The highest BCUT2D eigenvalue weighted by Gasteiger charge is 2.34. The predicted molar refractivity (Wildman–Crippen MR) is 110 cm³/mol. The number of nitrogens with one attached hydrogen (secondary N) is 2. The molecule has 2 aromatic carbocycles. The molecule has 3 rings (SSSR count). The van der Waals surface area contributed by atoms with Crippen molar-refractivity contribution in [3.63, 3.8) is 0 Å². The molecule has 0 saturated heterocycles. The van der Waals surface area contributed by atoms with Crippen molar-refractivity contribution in [2.24, 2.45) is 0 Å². The van der Waals surface area contributed by atoms with Crippen LogP contribution in [0.3, 0.4) is 0 Å². The molecule has 28 heavy (non-hydrogen) atoms. The van der Waals surface area contributed by atoms with Crippen LogP contribution in [0.1, 0.15) is 53.4 Å². The van der Waals surface area contributed by atoms with Crippen LogP contribution in [0.25, 0.3) is 0 Å². The molecule has 1 aliphatic rings. The number of benzene rings is 2. The summed E-state index contributed by atoms with van der Waals surface area (Å²) in [6.07, 6.45) is 1.72. The fourth-order valence-electron chi connectivity index (χ4n) is 3.40.